The number of likely N-dealkylation sites (tertiary alicyclic amines) is 1. The Hall–Kier alpha value is -1.49. The van der Waals surface area contributed by atoms with Crippen molar-refractivity contribution >= 4 is 29.3 Å². The van der Waals surface area contributed by atoms with Crippen LogP contribution in [0.3, 0.4) is 0 Å². The van der Waals surface area contributed by atoms with E-state index >= 15 is 0 Å². The summed E-state index contributed by atoms with van der Waals surface area (Å²) in [6, 6.07) is 15.9. The van der Waals surface area contributed by atoms with Gasteiger partial charge < -0.3 is 5.32 Å². The fourth-order valence-corrected chi connectivity index (χ4v) is 4.24. The molecule has 2 aromatic carbocycles. The Kier molecular flexibility index (Phi) is 7.42. The maximum atomic E-state index is 12.2. The molecule has 1 N–H and O–H groups in total. The van der Waals surface area contributed by atoms with Gasteiger partial charge in [-0.2, -0.15) is 11.8 Å². The highest BCUT2D eigenvalue weighted by Crippen LogP contribution is 2.20. The highest BCUT2D eigenvalue weighted by Gasteiger charge is 2.12. The van der Waals surface area contributed by atoms with Crippen molar-refractivity contribution in [1.82, 2.24) is 10.2 Å². The minimum Gasteiger partial charge on any atom is -0.351 e. The van der Waals surface area contributed by atoms with Crippen LogP contribution in [0.1, 0.15) is 34.3 Å². The van der Waals surface area contributed by atoms with Gasteiger partial charge in [0.05, 0.1) is 0 Å². The minimum absolute atomic E-state index is 0.00364. The second-order valence-electron chi connectivity index (χ2n) is 6.58. The molecule has 3 rings (SSSR count). The van der Waals surface area contributed by atoms with Gasteiger partial charge in [0, 0.05) is 35.2 Å². The van der Waals surface area contributed by atoms with Crippen molar-refractivity contribution in [2.75, 3.05) is 25.4 Å². The molecule has 0 saturated carbocycles. The normalized spacial score (nSPS) is 14.5. The number of nitrogens with zero attached hydrogens (tertiary/aromatic N) is 1. The van der Waals surface area contributed by atoms with E-state index in [0.29, 0.717) is 6.54 Å². The molecule has 0 unspecified atom stereocenters. The highest BCUT2D eigenvalue weighted by atomic mass is 35.5. The standard InChI is InChI=1S/C21H25ClN2OS/c22-20-6-2-1-5-19(20)16-26-14-11-23-21(25)18-9-7-17(8-10-18)15-24-12-3-4-13-24/h1-2,5-10H,3-4,11-16H2,(H,23,25). The lowest BCUT2D eigenvalue weighted by Crippen LogP contribution is -2.25. The number of carbonyl (C=O) groups excluding carboxylic acids is 1. The molecule has 0 atom stereocenters. The molecule has 1 saturated heterocycles. The number of thioether (sulfide) groups is 1. The zero-order valence-corrected chi connectivity index (χ0v) is 16.5. The van der Waals surface area contributed by atoms with Crippen molar-refractivity contribution in [2.24, 2.45) is 0 Å². The molecule has 3 nitrogen and oxygen atoms in total. The summed E-state index contributed by atoms with van der Waals surface area (Å²) in [5, 5.41) is 3.79. The van der Waals surface area contributed by atoms with E-state index in [1.165, 1.54) is 31.5 Å². The van der Waals surface area contributed by atoms with Crippen LogP contribution >= 0.6 is 23.4 Å². The third-order valence-electron chi connectivity index (χ3n) is 4.57. The van der Waals surface area contributed by atoms with Gasteiger partial charge in [-0.1, -0.05) is 41.9 Å². The minimum atomic E-state index is -0.00364. The van der Waals surface area contributed by atoms with Crippen LogP contribution < -0.4 is 5.32 Å². The molecule has 1 amide bonds. The first-order valence-electron chi connectivity index (χ1n) is 9.13. The molecular formula is C21H25ClN2OS. The molecule has 0 aliphatic carbocycles. The number of hydrogen-bond acceptors (Lipinski definition) is 3. The number of rotatable bonds is 8. The van der Waals surface area contributed by atoms with Gasteiger partial charge in [-0.15, -0.1) is 0 Å². The fourth-order valence-electron chi connectivity index (χ4n) is 3.10. The summed E-state index contributed by atoms with van der Waals surface area (Å²) in [5.41, 5.74) is 3.14. The third-order valence-corrected chi connectivity index (χ3v) is 5.95. The van der Waals surface area contributed by atoms with E-state index in [2.05, 4.69) is 22.3 Å². The van der Waals surface area contributed by atoms with Crippen LogP contribution in [-0.4, -0.2) is 36.2 Å². The zero-order chi connectivity index (χ0) is 18.2. The number of hydrogen-bond donors (Lipinski definition) is 1. The Morgan fingerprint density at radius 3 is 2.54 bits per heavy atom. The Morgan fingerprint density at radius 2 is 1.81 bits per heavy atom. The van der Waals surface area contributed by atoms with Crippen LogP contribution in [0.25, 0.3) is 0 Å². The summed E-state index contributed by atoms with van der Waals surface area (Å²) in [7, 11) is 0. The molecule has 0 bridgehead atoms. The van der Waals surface area contributed by atoms with Gasteiger partial charge in [0.2, 0.25) is 0 Å². The van der Waals surface area contributed by atoms with Gasteiger partial charge in [0.25, 0.3) is 5.91 Å². The zero-order valence-electron chi connectivity index (χ0n) is 14.9. The summed E-state index contributed by atoms with van der Waals surface area (Å²) in [5.74, 6) is 1.72. The van der Waals surface area contributed by atoms with Crippen molar-refractivity contribution in [2.45, 2.75) is 25.1 Å². The van der Waals surface area contributed by atoms with E-state index < -0.39 is 0 Å². The van der Waals surface area contributed by atoms with Crippen molar-refractivity contribution in [3.63, 3.8) is 0 Å². The van der Waals surface area contributed by atoms with Gasteiger partial charge in [-0.3, -0.25) is 9.69 Å². The van der Waals surface area contributed by atoms with Gasteiger partial charge >= 0.3 is 0 Å². The first-order valence-corrected chi connectivity index (χ1v) is 10.7. The lowest BCUT2D eigenvalue weighted by molar-refractivity contribution is 0.0956. The van der Waals surface area contributed by atoms with Gasteiger partial charge in [-0.05, 0) is 55.3 Å². The van der Waals surface area contributed by atoms with Crippen molar-refractivity contribution in [3.8, 4) is 0 Å². The molecule has 2 aromatic rings. The number of halogens is 1. The summed E-state index contributed by atoms with van der Waals surface area (Å²) < 4.78 is 0. The van der Waals surface area contributed by atoms with E-state index in [1.54, 1.807) is 11.8 Å². The summed E-state index contributed by atoms with van der Waals surface area (Å²) in [6.45, 7) is 4.02. The van der Waals surface area contributed by atoms with Gasteiger partial charge in [-0.25, -0.2) is 0 Å². The van der Waals surface area contributed by atoms with E-state index in [-0.39, 0.29) is 5.91 Å². The largest absolute Gasteiger partial charge is 0.351 e. The maximum absolute atomic E-state index is 12.2. The summed E-state index contributed by atoms with van der Waals surface area (Å²) >= 11 is 7.92. The van der Waals surface area contributed by atoms with Crippen LogP contribution in [-0.2, 0) is 12.3 Å². The Morgan fingerprint density at radius 1 is 1.08 bits per heavy atom. The molecule has 0 aromatic heterocycles. The monoisotopic (exact) mass is 388 g/mol. The predicted molar refractivity (Wildman–Crippen MR) is 111 cm³/mol. The van der Waals surface area contributed by atoms with Crippen molar-refractivity contribution < 1.29 is 4.79 Å². The summed E-state index contributed by atoms with van der Waals surface area (Å²) in [4.78, 5) is 14.7. The molecule has 0 radical (unpaired) electrons. The lowest BCUT2D eigenvalue weighted by atomic mass is 10.1. The van der Waals surface area contributed by atoms with Crippen LogP contribution in [0, 0.1) is 0 Å². The first-order chi connectivity index (χ1) is 12.7. The topological polar surface area (TPSA) is 32.3 Å². The molecule has 1 heterocycles. The average Bonchev–Trinajstić information content (AvgIpc) is 3.16. The van der Waals surface area contributed by atoms with E-state index in [9.17, 15) is 4.79 Å². The molecule has 1 aliphatic heterocycles. The van der Waals surface area contributed by atoms with Gasteiger partial charge in [0.15, 0.2) is 0 Å². The van der Waals surface area contributed by atoms with Crippen LogP contribution in [0.2, 0.25) is 5.02 Å². The first kappa shape index (κ1) is 19.3. The SMILES string of the molecule is O=C(NCCSCc1ccccc1Cl)c1ccc(CN2CCCC2)cc1. The molecular weight excluding hydrogens is 364 g/mol. The van der Waals surface area contributed by atoms with Crippen LogP contribution in [0.5, 0.6) is 0 Å². The summed E-state index contributed by atoms with van der Waals surface area (Å²) in [6.07, 6.45) is 2.60. The van der Waals surface area contributed by atoms with Gasteiger partial charge in [0.1, 0.15) is 0 Å². The molecule has 1 aliphatic rings. The molecule has 26 heavy (non-hydrogen) atoms. The Bertz CT molecular complexity index is 714. The van der Waals surface area contributed by atoms with Crippen LogP contribution in [0.15, 0.2) is 48.5 Å². The molecule has 1 fully saturated rings. The Balaban J connectivity index is 1.37. The van der Waals surface area contributed by atoms with Crippen molar-refractivity contribution in [3.05, 3.63) is 70.2 Å². The second-order valence-corrected chi connectivity index (χ2v) is 8.09. The molecule has 138 valence electrons. The number of benzene rings is 2. The number of carbonyl (C=O) groups is 1. The van der Waals surface area contributed by atoms with Crippen molar-refractivity contribution in [1.29, 1.82) is 0 Å². The highest BCUT2D eigenvalue weighted by molar-refractivity contribution is 7.98. The van der Waals surface area contributed by atoms with Crippen LogP contribution in [0.4, 0.5) is 0 Å². The maximum Gasteiger partial charge on any atom is 0.251 e. The predicted octanol–water partition coefficient (Wildman–Crippen LogP) is 4.60. The Labute approximate surface area is 165 Å². The number of nitrogens with one attached hydrogen (secondary N) is 1. The lowest BCUT2D eigenvalue weighted by Gasteiger charge is -2.14. The quantitative estimate of drug-likeness (QED) is 0.671. The average molecular weight is 389 g/mol. The third kappa shape index (κ3) is 5.76. The molecule has 5 heteroatoms. The number of amides is 1. The second kappa shape index (κ2) is 10.0. The van der Waals surface area contributed by atoms with E-state index in [4.69, 9.17) is 11.6 Å². The van der Waals surface area contributed by atoms with E-state index in [1.807, 2.05) is 36.4 Å². The van der Waals surface area contributed by atoms with E-state index in [0.717, 1.165) is 34.2 Å². The smallest absolute Gasteiger partial charge is 0.251 e. The fraction of sp³-hybridized carbons (Fsp3) is 0.381. The molecule has 0 spiro atoms.